The van der Waals surface area contributed by atoms with Crippen LogP contribution in [0.3, 0.4) is 0 Å². The molecule has 6 nitrogen and oxygen atoms in total. The average Bonchev–Trinajstić information content (AvgIpc) is 2.37. The lowest BCUT2D eigenvalue weighted by molar-refractivity contribution is -0.141. The summed E-state index contributed by atoms with van der Waals surface area (Å²) >= 11 is 0. The number of pyridine rings is 1. The van der Waals surface area contributed by atoms with Crippen LogP contribution in [0.5, 0.6) is 0 Å². The van der Waals surface area contributed by atoms with Crippen molar-refractivity contribution >= 4 is 11.9 Å². The summed E-state index contributed by atoms with van der Waals surface area (Å²) in [5, 5.41) is 8.70. The maximum atomic E-state index is 13.0. The summed E-state index contributed by atoms with van der Waals surface area (Å²) in [5.41, 5.74) is 0.198. The summed E-state index contributed by atoms with van der Waals surface area (Å²) in [4.78, 5) is 27.6. The second kappa shape index (κ2) is 5.75. The third-order valence-corrected chi connectivity index (χ3v) is 2.80. The Morgan fingerprint density at radius 1 is 1.58 bits per heavy atom. The molecule has 0 aliphatic carbocycles. The first-order valence-electron chi connectivity index (χ1n) is 5.80. The molecule has 0 spiro atoms. The van der Waals surface area contributed by atoms with Crippen molar-refractivity contribution in [1.29, 1.82) is 0 Å². The molecule has 2 heterocycles. The van der Waals surface area contributed by atoms with Crippen LogP contribution in [-0.4, -0.2) is 52.7 Å². The number of aliphatic carboxylic acids is 1. The third kappa shape index (κ3) is 3.47. The molecule has 1 N–H and O–H groups in total. The molecule has 0 bridgehead atoms. The summed E-state index contributed by atoms with van der Waals surface area (Å²) in [6.45, 7) is 0.825. The van der Waals surface area contributed by atoms with Gasteiger partial charge in [0.15, 0.2) is 0 Å². The predicted molar refractivity (Wildman–Crippen MR) is 62.1 cm³/mol. The van der Waals surface area contributed by atoms with Gasteiger partial charge >= 0.3 is 5.97 Å². The third-order valence-electron chi connectivity index (χ3n) is 2.80. The highest BCUT2D eigenvalue weighted by atomic mass is 19.1. The zero-order valence-electron chi connectivity index (χ0n) is 10.1. The van der Waals surface area contributed by atoms with Gasteiger partial charge in [0.05, 0.1) is 19.1 Å². The van der Waals surface area contributed by atoms with E-state index in [1.807, 2.05) is 0 Å². The molecule has 2 rings (SSSR count). The van der Waals surface area contributed by atoms with Gasteiger partial charge in [0.1, 0.15) is 0 Å². The van der Waals surface area contributed by atoms with Crippen molar-refractivity contribution in [2.45, 2.75) is 12.5 Å². The first-order chi connectivity index (χ1) is 9.06. The van der Waals surface area contributed by atoms with E-state index >= 15 is 0 Å². The van der Waals surface area contributed by atoms with Gasteiger partial charge in [-0.25, -0.2) is 4.98 Å². The van der Waals surface area contributed by atoms with E-state index in [-0.39, 0.29) is 31.0 Å². The second-order valence-corrected chi connectivity index (χ2v) is 4.21. The zero-order valence-corrected chi connectivity index (χ0v) is 10.1. The minimum Gasteiger partial charge on any atom is -0.481 e. The Hall–Kier alpha value is -2.02. The Morgan fingerprint density at radius 2 is 2.37 bits per heavy atom. The van der Waals surface area contributed by atoms with Crippen LogP contribution in [0.25, 0.3) is 0 Å². The fourth-order valence-electron chi connectivity index (χ4n) is 1.94. The standard InChI is InChI=1S/C12H13FN2O4/c13-10-5-8(1-2-14-10)12(18)15-3-4-19-9(7-15)6-11(16)17/h1-2,5,9H,3-4,6-7H2,(H,16,17). The van der Waals surface area contributed by atoms with E-state index in [9.17, 15) is 14.0 Å². The van der Waals surface area contributed by atoms with Crippen LogP contribution in [-0.2, 0) is 9.53 Å². The number of rotatable bonds is 3. The molecule has 1 unspecified atom stereocenters. The summed E-state index contributed by atoms with van der Waals surface area (Å²) in [6, 6.07) is 2.48. The highest BCUT2D eigenvalue weighted by Crippen LogP contribution is 2.13. The Morgan fingerprint density at radius 3 is 3.05 bits per heavy atom. The molecule has 19 heavy (non-hydrogen) atoms. The van der Waals surface area contributed by atoms with Crippen LogP contribution in [0.2, 0.25) is 0 Å². The first-order valence-corrected chi connectivity index (χ1v) is 5.80. The number of carboxylic acids is 1. The Labute approximate surface area is 108 Å². The van der Waals surface area contributed by atoms with Gasteiger partial charge in [0.25, 0.3) is 5.91 Å². The highest BCUT2D eigenvalue weighted by molar-refractivity contribution is 5.94. The number of hydrogen-bond donors (Lipinski definition) is 1. The number of carbonyl (C=O) groups excluding carboxylic acids is 1. The molecule has 0 aromatic carbocycles. The molecular weight excluding hydrogens is 255 g/mol. The van der Waals surface area contributed by atoms with Crippen LogP contribution in [0, 0.1) is 5.95 Å². The van der Waals surface area contributed by atoms with Crippen molar-refractivity contribution in [2.24, 2.45) is 0 Å². The van der Waals surface area contributed by atoms with Gasteiger partial charge in [-0.05, 0) is 6.07 Å². The number of carboxylic acid groups (broad SMARTS) is 1. The van der Waals surface area contributed by atoms with E-state index in [4.69, 9.17) is 9.84 Å². The molecule has 1 aromatic rings. The fourth-order valence-corrected chi connectivity index (χ4v) is 1.94. The molecule has 1 amide bonds. The number of halogens is 1. The summed E-state index contributed by atoms with van der Waals surface area (Å²) in [5.74, 6) is -2.05. The minimum atomic E-state index is -0.978. The maximum Gasteiger partial charge on any atom is 0.306 e. The van der Waals surface area contributed by atoms with E-state index in [0.717, 1.165) is 6.07 Å². The second-order valence-electron chi connectivity index (χ2n) is 4.21. The van der Waals surface area contributed by atoms with Crippen molar-refractivity contribution in [3.8, 4) is 0 Å². The lowest BCUT2D eigenvalue weighted by atomic mass is 10.1. The predicted octanol–water partition coefficient (Wildman–Crippen LogP) is 0.536. The van der Waals surface area contributed by atoms with Gasteiger partial charge in [0, 0.05) is 30.9 Å². The zero-order chi connectivity index (χ0) is 13.8. The Balaban J connectivity index is 2.04. The molecule has 1 fully saturated rings. The van der Waals surface area contributed by atoms with Crippen molar-refractivity contribution in [3.63, 3.8) is 0 Å². The highest BCUT2D eigenvalue weighted by Gasteiger charge is 2.26. The topological polar surface area (TPSA) is 79.7 Å². The normalized spacial score (nSPS) is 19.2. The summed E-state index contributed by atoms with van der Waals surface area (Å²) in [6.07, 6.45) is 0.536. The average molecular weight is 268 g/mol. The molecule has 1 aliphatic heterocycles. The number of ether oxygens (including phenoxy) is 1. The van der Waals surface area contributed by atoms with E-state index in [0.29, 0.717) is 6.54 Å². The molecular formula is C12H13FN2O4. The van der Waals surface area contributed by atoms with Gasteiger partial charge in [-0.3, -0.25) is 9.59 Å². The number of morpholine rings is 1. The lowest BCUT2D eigenvalue weighted by Crippen LogP contribution is -2.46. The van der Waals surface area contributed by atoms with Gasteiger partial charge in [-0.2, -0.15) is 4.39 Å². The van der Waals surface area contributed by atoms with Gasteiger partial charge in [-0.15, -0.1) is 0 Å². The quantitative estimate of drug-likeness (QED) is 0.809. The molecule has 1 aliphatic rings. The number of aromatic nitrogens is 1. The summed E-state index contributed by atoms with van der Waals surface area (Å²) < 4.78 is 18.2. The lowest BCUT2D eigenvalue weighted by Gasteiger charge is -2.32. The molecule has 1 atom stereocenters. The summed E-state index contributed by atoms with van der Waals surface area (Å²) in [7, 11) is 0. The number of amides is 1. The van der Waals surface area contributed by atoms with E-state index in [1.165, 1.54) is 17.2 Å². The van der Waals surface area contributed by atoms with Crippen molar-refractivity contribution in [1.82, 2.24) is 9.88 Å². The molecule has 0 saturated carbocycles. The molecule has 1 saturated heterocycles. The van der Waals surface area contributed by atoms with Crippen LogP contribution in [0.4, 0.5) is 4.39 Å². The van der Waals surface area contributed by atoms with Crippen LogP contribution >= 0.6 is 0 Å². The molecule has 7 heteroatoms. The van der Waals surface area contributed by atoms with Crippen LogP contribution in [0.15, 0.2) is 18.3 Å². The van der Waals surface area contributed by atoms with E-state index in [1.54, 1.807) is 0 Å². The molecule has 0 radical (unpaired) electrons. The first kappa shape index (κ1) is 13.4. The molecule has 1 aromatic heterocycles. The monoisotopic (exact) mass is 268 g/mol. The minimum absolute atomic E-state index is 0.158. The Bertz CT molecular complexity index is 494. The Kier molecular flexibility index (Phi) is 4.06. The van der Waals surface area contributed by atoms with Crippen LogP contribution in [0.1, 0.15) is 16.8 Å². The van der Waals surface area contributed by atoms with Crippen molar-refractivity contribution < 1.29 is 23.8 Å². The van der Waals surface area contributed by atoms with Gasteiger partial charge < -0.3 is 14.7 Å². The molecule has 102 valence electrons. The van der Waals surface area contributed by atoms with Crippen molar-refractivity contribution in [3.05, 3.63) is 29.8 Å². The largest absolute Gasteiger partial charge is 0.481 e. The van der Waals surface area contributed by atoms with E-state index in [2.05, 4.69) is 4.98 Å². The van der Waals surface area contributed by atoms with Crippen molar-refractivity contribution in [2.75, 3.05) is 19.7 Å². The number of hydrogen-bond acceptors (Lipinski definition) is 4. The van der Waals surface area contributed by atoms with Crippen LogP contribution < -0.4 is 0 Å². The van der Waals surface area contributed by atoms with Gasteiger partial charge in [-0.1, -0.05) is 0 Å². The van der Waals surface area contributed by atoms with E-state index < -0.39 is 18.0 Å². The smallest absolute Gasteiger partial charge is 0.306 e. The maximum absolute atomic E-state index is 13.0. The number of nitrogens with zero attached hydrogens (tertiary/aromatic N) is 2. The number of carbonyl (C=O) groups is 2. The fraction of sp³-hybridized carbons (Fsp3) is 0.417. The SMILES string of the molecule is O=C(O)CC1CN(C(=O)c2ccnc(F)c2)CCO1. The van der Waals surface area contributed by atoms with Gasteiger partial charge in [0.2, 0.25) is 5.95 Å².